The summed E-state index contributed by atoms with van der Waals surface area (Å²) in [7, 11) is 0. The lowest BCUT2D eigenvalue weighted by atomic mass is 9.98. The van der Waals surface area contributed by atoms with E-state index in [9.17, 15) is 0 Å². The van der Waals surface area contributed by atoms with Gasteiger partial charge in [-0.3, -0.25) is 0 Å². The molecule has 0 atom stereocenters. The maximum atomic E-state index is 2.49. The third-order valence-electron chi connectivity index (χ3n) is 13.6. The molecule has 0 N–H and O–H groups in total. The number of rotatable bonds is 6. The summed E-state index contributed by atoms with van der Waals surface area (Å²) in [6.45, 7) is 0. The molecule has 0 amide bonds. The van der Waals surface area contributed by atoms with Crippen molar-refractivity contribution in [2.45, 2.75) is 0 Å². The van der Waals surface area contributed by atoms with Crippen molar-refractivity contribution in [2.75, 3.05) is 4.90 Å². The Kier molecular flexibility index (Phi) is 8.15. The molecule has 0 aliphatic rings. The van der Waals surface area contributed by atoms with Gasteiger partial charge in [0.2, 0.25) is 0 Å². The Hall–Kier alpha value is -8.44. The predicted octanol–water partition coefficient (Wildman–Crippen LogP) is 17.7. The van der Waals surface area contributed by atoms with Crippen LogP contribution in [0, 0.1) is 0 Å². The molecule has 0 aliphatic heterocycles. The van der Waals surface area contributed by atoms with Crippen molar-refractivity contribution in [3.05, 3.63) is 237 Å². The molecule has 3 heterocycles. The number of benzene rings is 11. The molecule has 14 rings (SSSR count). The van der Waals surface area contributed by atoms with Gasteiger partial charge in [-0.2, -0.15) is 0 Å². The zero-order valence-electron chi connectivity index (χ0n) is 35.8. The van der Waals surface area contributed by atoms with Crippen LogP contribution in [0.3, 0.4) is 0 Å². The standard InChI is InChI=1S/C62H39N3S/c1-2-16-47-42(15-1)36-60(49-18-4-3-17-48(47)49)63(43-32-29-40(30-33-43)41-31-34-62-55(35-41)54-23-9-14-28-61(54)66-62)44-37-45(64-56-24-10-5-19-50(56)51-20-6-11-25-57(51)64)39-46(38-44)65-58-26-12-7-21-52(58)53-22-8-13-27-59(53)65/h1-39H. The van der Waals surface area contributed by atoms with E-state index in [1.165, 1.54) is 96.5 Å². The van der Waals surface area contributed by atoms with Gasteiger partial charge in [0.1, 0.15) is 0 Å². The highest BCUT2D eigenvalue weighted by molar-refractivity contribution is 7.25. The van der Waals surface area contributed by atoms with E-state index >= 15 is 0 Å². The monoisotopic (exact) mass is 857 g/mol. The van der Waals surface area contributed by atoms with Crippen LogP contribution in [0.25, 0.3) is 108 Å². The van der Waals surface area contributed by atoms with Gasteiger partial charge in [-0.25, -0.2) is 0 Å². The molecule has 11 aromatic carbocycles. The first-order chi connectivity index (χ1) is 32.7. The topological polar surface area (TPSA) is 13.1 Å². The van der Waals surface area contributed by atoms with Crippen molar-refractivity contribution in [3.63, 3.8) is 0 Å². The summed E-state index contributed by atoms with van der Waals surface area (Å²) in [6.07, 6.45) is 0. The summed E-state index contributed by atoms with van der Waals surface area (Å²) >= 11 is 1.86. The molecule has 0 radical (unpaired) electrons. The first kappa shape index (κ1) is 37.0. The van der Waals surface area contributed by atoms with Crippen LogP contribution in [0.2, 0.25) is 0 Å². The second-order valence-electron chi connectivity index (χ2n) is 17.3. The highest BCUT2D eigenvalue weighted by Crippen LogP contribution is 2.46. The fraction of sp³-hybridized carbons (Fsp3) is 0. The van der Waals surface area contributed by atoms with Gasteiger partial charge in [0, 0.05) is 52.8 Å². The number of anilines is 3. The summed E-state index contributed by atoms with van der Waals surface area (Å²) in [5.41, 5.74) is 12.5. The molecule has 3 aromatic heterocycles. The summed E-state index contributed by atoms with van der Waals surface area (Å²) < 4.78 is 7.54. The number of thiophene rings is 1. The lowest BCUT2D eigenvalue weighted by molar-refractivity contribution is 1.12. The van der Waals surface area contributed by atoms with E-state index in [1.54, 1.807) is 0 Å². The van der Waals surface area contributed by atoms with Crippen molar-refractivity contribution >= 4 is 114 Å². The molecule has 0 saturated heterocycles. The van der Waals surface area contributed by atoms with E-state index in [-0.39, 0.29) is 0 Å². The minimum atomic E-state index is 1.06. The van der Waals surface area contributed by atoms with Crippen LogP contribution < -0.4 is 4.90 Å². The van der Waals surface area contributed by atoms with Crippen LogP contribution in [-0.4, -0.2) is 9.13 Å². The first-order valence-electron chi connectivity index (χ1n) is 22.6. The van der Waals surface area contributed by atoms with Gasteiger partial charge >= 0.3 is 0 Å². The molecule has 4 heteroatoms. The minimum Gasteiger partial charge on any atom is -0.310 e. The van der Waals surface area contributed by atoms with Crippen molar-refractivity contribution in [2.24, 2.45) is 0 Å². The third-order valence-corrected chi connectivity index (χ3v) is 14.8. The normalized spacial score (nSPS) is 11.9. The fourth-order valence-electron chi connectivity index (χ4n) is 10.7. The van der Waals surface area contributed by atoms with Gasteiger partial charge in [-0.1, -0.05) is 158 Å². The Morgan fingerprint density at radius 2 is 0.742 bits per heavy atom. The average Bonchev–Trinajstić information content (AvgIpc) is 4.04. The van der Waals surface area contributed by atoms with Crippen LogP contribution >= 0.6 is 11.3 Å². The predicted molar refractivity (Wildman–Crippen MR) is 283 cm³/mol. The number of aromatic nitrogens is 2. The van der Waals surface area contributed by atoms with Gasteiger partial charge in [0.25, 0.3) is 0 Å². The molecule has 0 unspecified atom stereocenters. The van der Waals surface area contributed by atoms with Crippen LogP contribution in [-0.2, 0) is 0 Å². The van der Waals surface area contributed by atoms with E-state index in [0.29, 0.717) is 0 Å². The van der Waals surface area contributed by atoms with Crippen molar-refractivity contribution < 1.29 is 0 Å². The van der Waals surface area contributed by atoms with E-state index in [2.05, 4.69) is 251 Å². The molecule has 0 aliphatic carbocycles. The Balaban J connectivity index is 1.06. The number of nitrogens with zero attached hydrogens (tertiary/aromatic N) is 3. The second kappa shape index (κ2) is 14.5. The minimum absolute atomic E-state index is 1.06. The number of fused-ring (bicyclic) bond motifs is 12. The second-order valence-corrected chi connectivity index (χ2v) is 18.4. The number of hydrogen-bond acceptors (Lipinski definition) is 2. The van der Waals surface area contributed by atoms with Gasteiger partial charge < -0.3 is 14.0 Å². The molecule has 308 valence electrons. The summed E-state index contributed by atoms with van der Waals surface area (Å²) in [4.78, 5) is 2.49. The number of hydrogen-bond donors (Lipinski definition) is 0. The van der Waals surface area contributed by atoms with Crippen molar-refractivity contribution in [1.29, 1.82) is 0 Å². The van der Waals surface area contributed by atoms with Gasteiger partial charge in [-0.05, 0) is 106 Å². The third kappa shape index (κ3) is 5.62. The fourth-order valence-corrected chi connectivity index (χ4v) is 11.8. The molecule has 3 nitrogen and oxygen atoms in total. The van der Waals surface area contributed by atoms with Gasteiger partial charge in [-0.15, -0.1) is 11.3 Å². The molecule has 0 saturated carbocycles. The van der Waals surface area contributed by atoms with E-state index in [4.69, 9.17) is 0 Å². The summed E-state index contributed by atoms with van der Waals surface area (Å²) in [5.74, 6) is 0. The lowest BCUT2D eigenvalue weighted by Crippen LogP contribution is -2.12. The van der Waals surface area contributed by atoms with Crippen LogP contribution in [0.1, 0.15) is 0 Å². The van der Waals surface area contributed by atoms with Crippen molar-refractivity contribution in [3.8, 4) is 22.5 Å². The zero-order valence-corrected chi connectivity index (χ0v) is 36.6. The maximum absolute atomic E-state index is 2.49. The number of para-hydroxylation sites is 4. The van der Waals surface area contributed by atoms with Gasteiger partial charge in [0.05, 0.1) is 44.8 Å². The summed E-state index contributed by atoms with van der Waals surface area (Å²) in [6, 6.07) is 87.3. The Labute approximate surface area is 384 Å². The molecule has 14 aromatic rings. The highest BCUT2D eigenvalue weighted by atomic mass is 32.1. The molecular formula is C62H39N3S. The largest absolute Gasteiger partial charge is 0.310 e. The molecule has 66 heavy (non-hydrogen) atoms. The SMILES string of the molecule is c1ccc2c(c1)cc(N(c1ccc(-c3ccc4sc5ccccc5c4c3)cc1)c1cc(-n3c4ccccc4c4ccccc43)cc(-n3c4ccccc4c4ccccc43)c1)c1ccccc12. The molecular weight excluding hydrogens is 819 g/mol. The zero-order chi connectivity index (χ0) is 43.3. The average molecular weight is 858 g/mol. The molecule has 0 spiro atoms. The first-order valence-corrected chi connectivity index (χ1v) is 23.4. The smallest absolute Gasteiger partial charge is 0.0546 e. The van der Waals surface area contributed by atoms with Gasteiger partial charge in [0.15, 0.2) is 0 Å². The molecule has 0 fully saturated rings. The molecule has 0 bridgehead atoms. The Morgan fingerprint density at radius 1 is 0.288 bits per heavy atom. The lowest BCUT2D eigenvalue weighted by Gasteiger charge is -2.29. The Bertz CT molecular complexity index is 4010. The maximum Gasteiger partial charge on any atom is 0.0546 e. The summed E-state index contributed by atoms with van der Waals surface area (Å²) in [5, 5.41) is 12.4. The Morgan fingerprint density at radius 3 is 1.33 bits per heavy atom. The van der Waals surface area contributed by atoms with Crippen LogP contribution in [0.15, 0.2) is 237 Å². The van der Waals surface area contributed by atoms with Crippen LogP contribution in [0.5, 0.6) is 0 Å². The van der Waals surface area contributed by atoms with Crippen molar-refractivity contribution in [1.82, 2.24) is 9.13 Å². The van der Waals surface area contributed by atoms with E-state index < -0.39 is 0 Å². The van der Waals surface area contributed by atoms with E-state index in [1.807, 2.05) is 11.3 Å². The quantitative estimate of drug-likeness (QED) is 0.152. The van der Waals surface area contributed by atoms with E-state index in [0.717, 1.165) is 28.4 Å². The van der Waals surface area contributed by atoms with Crippen LogP contribution in [0.4, 0.5) is 17.1 Å². The highest BCUT2D eigenvalue weighted by Gasteiger charge is 2.22.